The van der Waals surface area contributed by atoms with Crippen LogP contribution in [0.3, 0.4) is 0 Å². The van der Waals surface area contributed by atoms with Gasteiger partial charge in [0, 0.05) is 36.2 Å². The van der Waals surface area contributed by atoms with Crippen LogP contribution in [0.2, 0.25) is 0 Å². The highest BCUT2D eigenvalue weighted by Gasteiger charge is 2.59. The minimum atomic E-state index is -2.61. The second kappa shape index (κ2) is 8.75. The molecule has 3 heterocycles. The Bertz CT molecular complexity index is 1450. The molecule has 0 radical (unpaired) electrons. The number of phenols is 1. The van der Waals surface area contributed by atoms with E-state index in [0.717, 1.165) is 46.9 Å². The van der Waals surface area contributed by atoms with Crippen molar-refractivity contribution in [1.29, 1.82) is 0 Å². The summed E-state index contributed by atoms with van der Waals surface area (Å²) in [7, 11) is 0. The number of alkyl halides is 2. The van der Waals surface area contributed by atoms with Gasteiger partial charge in [-0.2, -0.15) is 0 Å². The van der Waals surface area contributed by atoms with Crippen LogP contribution in [0.25, 0.3) is 22.0 Å². The number of fused-ring (bicyclic) bond motifs is 2. The summed E-state index contributed by atoms with van der Waals surface area (Å²) >= 11 is 0. The van der Waals surface area contributed by atoms with E-state index in [1.165, 1.54) is 6.08 Å². The van der Waals surface area contributed by atoms with Crippen LogP contribution in [0, 0.1) is 10.8 Å². The number of carbonyl (C=O) groups excluding carboxylic acids is 1. The van der Waals surface area contributed by atoms with Gasteiger partial charge in [0.1, 0.15) is 11.8 Å². The van der Waals surface area contributed by atoms with Crippen molar-refractivity contribution in [2.45, 2.75) is 52.0 Å². The molecule has 2 fully saturated rings. The Balaban J connectivity index is 1.48. The van der Waals surface area contributed by atoms with E-state index in [0.29, 0.717) is 24.6 Å². The van der Waals surface area contributed by atoms with Crippen LogP contribution >= 0.6 is 0 Å². The van der Waals surface area contributed by atoms with Gasteiger partial charge in [0.2, 0.25) is 11.9 Å². The van der Waals surface area contributed by atoms with Crippen LogP contribution in [0.1, 0.15) is 37.9 Å². The molecule has 0 saturated carbocycles. The first kappa shape index (κ1) is 24.8. The summed E-state index contributed by atoms with van der Waals surface area (Å²) < 4.78 is 29.4. The van der Waals surface area contributed by atoms with E-state index < -0.39 is 17.9 Å². The van der Waals surface area contributed by atoms with Gasteiger partial charge in [-0.25, -0.2) is 18.7 Å². The number of hydrogen-bond donors (Lipinski definition) is 1. The molecule has 2 saturated heterocycles. The molecule has 3 aliphatic rings. The van der Waals surface area contributed by atoms with E-state index in [-0.39, 0.29) is 30.2 Å². The lowest BCUT2D eigenvalue weighted by atomic mass is 9.73. The molecular weight excluding hydrogens is 486 g/mol. The number of amides is 1. The normalized spacial score (nSPS) is 21.6. The molecule has 0 unspecified atom stereocenters. The van der Waals surface area contributed by atoms with Crippen molar-refractivity contribution in [3.63, 3.8) is 0 Å². The van der Waals surface area contributed by atoms with E-state index in [2.05, 4.69) is 20.4 Å². The highest BCUT2D eigenvalue weighted by atomic mass is 19.3. The summed E-state index contributed by atoms with van der Waals surface area (Å²) in [5.41, 5.74) is 2.75. The Labute approximate surface area is 221 Å². The lowest BCUT2D eigenvalue weighted by Crippen LogP contribution is -2.64. The Morgan fingerprint density at radius 1 is 1.18 bits per heavy atom. The minimum absolute atomic E-state index is 0.0324. The van der Waals surface area contributed by atoms with Gasteiger partial charge in [0.05, 0.1) is 11.4 Å². The summed E-state index contributed by atoms with van der Waals surface area (Å²) in [4.78, 5) is 25.2. The highest BCUT2D eigenvalue weighted by Crippen LogP contribution is 2.49. The predicted octanol–water partition coefficient (Wildman–Crippen LogP) is 5.38. The minimum Gasteiger partial charge on any atom is -0.508 e. The number of nitrogens with zero attached hydrogens (tertiary/aromatic N) is 4. The average Bonchev–Trinajstić information content (AvgIpc) is 3.27. The summed E-state index contributed by atoms with van der Waals surface area (Å²) in [5.74, 6) is 0.211. The molecule has 6 rings (SSSR count). The van der Waals surface area contributed by atoms with Crippen LogP contribution in [-0.4, -0.2) is 58.0 Å². The first-order valence-electron chi connectivity index (χ1n) is 13.2. The number of phenolic OH excluding ortho intramolecular Hbond substituents is 1. The smallest absolute Gasteiger partial charge is 0.259 e. The third-order valence-corrected chi connectivity index (χ3v) is 8.69. The molecule has 1 N–H and O–H groups in total. The van der Waals surface area contributed by atoms with Gasteiger partial charge in [-0.3, -0.25) is 4.79 Å². The average molecular weight is 519 g/mol. The second-order valence-corrected chi connectivity index (χ2v) is 11.8. The SMILES string of the molecule is C=CC(=O)N1CC2(CCN(c3nc4c(c(-c5cc(O)cc6ccccc56)n3)CCC(C)(C)C4)[C@H]2C(F)F)C1. The van der Waals surface area contributed by atoms with E-state index in [1.807, 2.05) is 24.3 Å². The molecule has 8 heteroatoms. The molecule has 0 bridgehead atoms. The lowest BCUT2D eigenvalue weighted by molar-refractivity contribution is -0.141. The first-order chi connectivity index (χ1) is 18.1. The monoisotopic (exact) mass is 518 g/mol. The fourth-order valence-corrected chi connectivity index (χ4v) is 6.71. The van der Waals surface area contributed by atoms with Gasteiger partial charge in [-0.15, -0.1) is 0 Å². The van der Waals surface area contributed by atoms with Gasteiger partial charge in [-0.1, -0.05) is 44.7 Å². The van der Waals surface area contributed by atoms with Gasteiger partial charge in [-0.05, 0) is 60.1 Å². The van der Waals surface area contributed by atoms with Crippen molar-refractivity contribution < 1.29 is 18.7 Å². The van der Waals surface area contributed by atoms with Crippen LogP contribution < -0.4 is 4.90 Å². The van der Waals surface area contributed by atoms with Crippen molar-refractivity contribution in [1.82, 2.24) is 14.9 Å². The number of anilines is 1. The van der Waals surface area contributed by atoms with Crippen LogP contribution in [0.15, 0.2) is 49.1 Å². The van der Waals surface area contributed by atoms with Crippen molar-refractivity contribution in [2.75, 3.05) is 24.5 Å². The molecule has 38 heavy (non-hydrogen) atoms. The molecular formula is C30H32F2N4O2. The maximum Gasteiger partial charge on any atom is 0.259 e. The van der Waals surface area contributed by atoms with Crippen molar-refractivity contribution in [3.05, 3.63) is 60.3 Å². The zero-order valence-electron chi connectivity index (χ0n) is 21.8. The maximum absolute atomic E-state index is 14.7. The highest BCUT2D eigenvalue weighted by molar-refractivity contribution is 5.98. The van der Waals surface area contributed by atoms with Gasteiger partial charge < -0.3 is 14.9 Å². The van der Waals surface area contributed by atoms with E-state index in [9.17, 15) is 18.7 Å². The van der Waals surface area contributed by atoms with Crippen LogP contribution in [0.5, 0.6) is 5.75 Å². The summed E-state index contributed by atoms with van der Waals surface area (Å²) in [6.45, 7) is 8.89. The third-order valence-electron chi connectivity index (χ3n) is 8.69. The Morgan fingerprint density at radius 2 is 1.95 bits per heavy atom. The predicted molar refractivity (Wildman–Crippen MR) is 143 cm³/mol. The number of carbonyl (C=O) groups is 1. The topological polar surface area (TPSA) is 69.6 Å². The number of rotatable bonds is 4. The summed E-state index contributed by atoms with van der Waals surface area (Å²) in [6, 6.07) is 10.2. The largest absolute Gasteiger partial charge is 0.508 e. The summed E-state index contributed by atoms with van der Waals surface area (Å²) in [5, 5.41) is 12.4. The zero-order chi connectivity index (χ0) is 26.8. The van der Waals surface area contributed by atoms with Crippen LogP contribution in [-0.2, 0) is 17.6 Å². The maximum atomic E-state index is 14.7. The van der Waals surface area contributed by atoms with E-state index >= 15 is 0 Å². The van der Waals surface area contributed by atoms with Gasteiger partial charge >= 0.3 is 0 Å². The number of hydrogen-bond acceptors (Lipinski definition) is 5. The van der Waals surface area contributed by atoms with Crippen molar-refractivity contribution in [3.8, 4) is 17.0 Å². The molecule has 1 spiro atoms. The second-order valence-electron chi connectivity index (χ2n) is 11.8. The quantitative estimate of drug-likeness (QED) is 0.470. The Kier molecular flexibility index (Phi) is 5.70. The molecule has 198 valence electrons. The number of benzene rings is 2. The first-order valence-corrected chi connectivity index (χ1v) is 13.2. The molecule has 2 aliphatic heterocycles. The van der Waals surface area contributed by atoms with E-state index in [1.54, 1.807) is 21.9 Å². The van der Waals surface area contributed by atoms with Gasteiger partial charge in [0.15, 0.2) is 0 Å². The molecule has 1 aliphatic carbocycles. The molecule has 1 atom stereocenters. The number of aromatic nitrogens is 2. The third kappa shape index (κ3) is 3.92. The molecule has 1 aromatic heterocycles. The number of likely N-dealkylation sites (tertiary alicyclic amines) is 1. The van der Waals surface area contributed by atoms with Crippen molar-refractivity contribution >= 4 is 22.6 Å². The Hall–Kier alpha value is -3.55. The molecule has 2 aromatic carbocycles. The van der Waals surface area contributed by atoms with Crippen molar-refractivity contribution in [2.24, 2.45) is 10.8 Å². The van der Waals surface area contributed by atoms with Gasteiger partial charge in [0.25, 0.3) is 6.43 Å². The van der Waals surface area contributed by atoms with E-state index in [4.69, 9.17) is 9.97 Å². The summed E-state index contributed by atoms with van der Waals surface area (Å²) in [6.07, 6.45) is 1.63. The number of aromatic hydroxyl groups is 1. The fourth-order valence-electron chi connectivity index (χ4n) is 6.71. The standard InChI is InChI=1S/C30H32F2N4O2/c1-4-24(38)35-16-30(17-35)11-12-36(26(30)27(31)32)28-33-23-15-29(2,3)10-9-21(23)25(34-28)22-14-19(37)13-18-7-5-6-8-20(18)22/h4-8,13-14,26-27,37H,1,9-12,15-17H2,2-3H3/t26-/m0/s1. The number of halogens is 2. The zero-order valence-corrected chi connectivity index (χ0v) is 21.8. The molecule has 1 amide bonds. The lowest BCUT2D eigenvalue weighted by Gasteiger charge is -2.51. The molecule has 3 aromatic rings. The Morgan fingerprint density at radius 3 is 2.68 bits per heavy atom. The van der Waals surface area contributed by atoms with Crippen LogP contribution in [0.4, 0.5) is 14.7 Å². The molecule has 6 nitrogen and oxygen atoms in total. The fraction of sp³-hybridized carbons (Fsp3) is 0.433.